The van der Waals surface area contributed by atoms with Crippen molar-refractivity contribution in [3.63, 3.8) is 0 Å². The van der Waals surface area contributed by atoms with Gasteiger partial charge in [-0.2, -0.15) is 0 Å². The summed E-state index contributed by atoms with van der Waals surface area (Å²) in [5.74, 6) is 0.0981. The van der Waals surface area contributed by atoms with Gasteiger partial charge in [-0.1, -0.05) is 24.6 Å². The highest BCUT2D eigenvalue weighted by Gasteiger charge is 2.27. The minimum absolute atomic E-state index is 0.0981. The number of para-hydroxylation sites is 1. The summed E-state index contributed by atoms with van der Waals surface area (Å²) >= 11 is 0. The molecule has 0 bridgehead atoms. The molecule has 0 spiro atoms. The highest BCUT2D eigenvalue weighted by atomic mass is 16.6. The van der Waals surface area contributed by atoms with Crippen molar-refractivity contribution in [1.82, 2.24) is 10.2 Å². The Bertz CT molecular complexity index is 669. The standard InChI is InChI=1S/C22H35N3O3/c1-6-25(19-13-8-7-11-17(19)2)20(26)16-24-14-10-9-12-18(24)15-23-21(27)28-22(3,4)5/h7-8,11,13,18H,6,9-10,12,14-16H2,1-5H3,(H,23,27). The number of rotatable bonds is 6. The van der Waals surface area contributed by atoms with E-state index < -0.39 is 11.7 Å². The molecule has 6 heteroatoms. The number of carbonyl (C=O) groups excluding carboxylic acids is 2. The highest BCUT2D eigenvalue weighted by Crippen LogP contribution is 2.21. The topological polar surface area (TPSA) is 61.9 Å². The van der Waals surface area contributed by atoms with Crippen molar-refractivity contribution in [2.24, 2.45) is 0 Å². The van der Waals surface area contributed by atoms with Gasteiger partial charge in [0.05, 0.1) is 6.54 Å². The highest BCUT2D eigenvalue weighted by molar-refractivity contribution is 5.95. The third-order valence-corrected chi connectivity index (χ3v) is 4.99. The average molecular weight is 390 g/mol. The molecule has 1 N–H and O–H groups in total. The Morgan fingerprint density at radius 1 is 1.25 bits per heavy atom. The van der Waals surface area contributed by atoms with Crippen LogP contribution < -0.4 is 10.2 Å². The van der Waals surface area contributed by atoms with Crippen LogP contribution >= 0.6 is 0 Å². The molecular formula is C22H35N3O3. The quantitative estimate of drug-likeness (QED) is 0.805. The van der Waals surface area contributed by atoms with Crippen LogP contribution in [0.3, 0.4) is 0 Å². The molecule has 0 radical (unpaired) electrons. The second kappa shape index (κ2) is 9.92. The fourth-order valence-electron chi connectivity index (χ4n) is 3.62. The maximum Gasteiger partial charge on any atom is 0.407 e. The number of amides is 2. The number of anilines is 1. The van der Waals surface area contributed by atoms with Crippen LogP contribution in [0.5, 0.6) is 0 Å². The SMILES string of the molecule is CCN(C(=O)CN1CCCCC1CNC(=O)OC(C)(C)C)c1ccccc1C. The van der Waals surface area contributed by atoms with E-state index in [0.29, 0.717) is 19.6 Å². The summed E-state index contributed by atoms with van der Waals surface area (Å²) in [5.41, 5.74) is 1.55. The zero-order valence-electron chi connectivity index (χ0n) is 18.0. The summed E-state index contributed by atoms with van der Waals surface area (Å²) in [5, 5.41) is 2.87. The van der Waals surface area contributed by atoms with Gasteiger partial charge < -0.3 is 15.0 Å². The normalized spacial score (nSPS) is 17.8. The molecule has 1 aliphatic rings. The number of alkyl carbamates (subject to hydrolysis) is 1. The number of likely N-dealkylation sites (N-methyl/N-ethyl adjacent to an activating group) is 1. The predicted octanol–water partition coefficient (Wildman–Crippen LogP) is 3.73. The number of likely N-dealkylation sites (tertiary alicyclic amines) is 1. The largest absolute Gasteiger partial charge is 0.444 e. The number of ether oxygens (including phenoxy) is 1. The summed E-state index contributed by atoms with van der Waals surface area (Å²) in [6.07, 6.45) is 2.76. The first-order valence-corrected chi connectivity index (χ1v) is 10.3. The maximum atomic E-state index is 13.0. The number of aryl methyl sites for hydroxylation is 1. The van der Waals surface area contributed by atoms with Gasteiger partial charge in [-0.15, -0.1) is 0 Å². The number of carbonyl (C=O) groups is 2. The number of piperidine rings is 1. The molecule has 1 aromatic carbocycles. The van der Waals surface area contributed by atoms with Crippen LogP contribution in [0, 0.1) is 6.92 Å². The fourth-order valence-corrected chi connectivity index (χ4v) is 3.62. The van der Waals surface area contributed by atoms with E-state index in [0.717, 1.165) is 37.1 Å². The molecule has 156 valence electrons. The first-order chi connectivity index (χ1) is 13.2. The number of nitrogens with one attached hydrogen (secondary N) is 1. The van der Waals surface area contributed by atoms with E-state index in [1.165, 1.54) is 0 Å². The molecule has 1 saturated heterocycles. The van der Waals surface area contributed by atoms with E-state index in [2.05, 4.69) is 10.2 Å². The van der Waals surface area contributed by atoms with Crippen molar-refractivity contribution in [2.45, 2.75) is 65.5 Å². The van der Waals surface area contributed by atoms with Gasteiger partial charge in [-0.3, -0.25) is 9.69 Å². The molecule has 1 aliphatic heterocycles. The maximum absolute atomic E-state index is 13.0. The van der Waals surface area contributed by atoms with Gasteiger partial charge in [0, 0.05) is 24.8 Å². The van der Waals surface area contributed by atoms with Crippen LogP contribution in [0.15, 0.2) is 24.3 Å². The van der Waals surface area contributed by atoms with E-state index in [-0.39, 0.29) is 11.9 Å². The molecule has 1 heterocycles. The Kier molecular flexibility index (Phi) is 7.87. The van der Waals surface area contributed by atoms with Crippen LogP contribution in [0.2, 0.25) is 0 Å². The van der Waals surface area contributed by atoms with Gasteiger partial charge in [0.25, 0.3) is 0 Å². The molecule has 2 amide bonds. The summed E-state index contributed by atoms with van der Waals surface area (Å²) < 4.78 is 5.33. The molecule has 1 fully saturated rings. The Morgan fingerprint density at radius 3 is 2.61 bits per heavy atom. The zero-order chi connectivity index (χ0) is 20.7. The molecule has 2 rings (SSSR count). The predicted molar refractivity (Wildman–Crippen MR) is 113 cm³/mol. The van der Waals surface area contributed by atoms with Crippen molar-refractivity contribution in [2.75, 3.05) is 31.1 Å². The van der Waals surface area contributed by atoms with Crippen LogP contribution in [0.25, 0.3) is 0 Å². The van der Waals surface area contributed by atoms with Gasteiger partial charge in [0.1, 0.15) is 5.60 Å². The molecule has 0 aromatic heterocycles. The lowest BCUT2D eigenvalue weighted by molar-refractivity contribution is -0.120. The van der Waals surface area contributed by atoms with E-state index in [1.54, 1.807) is 0 Å². The summed E-state index contributed by atoms with van der Waals surface area (Å²) in [4.78, 5) is 29.1. The molecule has 0 aliphatic carbocycles. The number of hydrogen-bond acceptors (Lipinski definition) is 4. The Balaban J connectivity index is 1.98. The lowest BCUT2D eigenvalue weighted by atomic mass is 10.0. The van der Waals surface area contributed by atoms with E-state index in [1.807, 2.05) is 63.8 Å². The third kappa shape index (κ3) is 6.51. The molecular weight excluding hydrogens is 354 g/mol. The van der Waals surface area contributed by atoms with Crippen molar-refractivity contribution in [3.05, 3.63) is 29.8 Å². The van der Waals surface area contributed by atoms with Crippen molar-refractivity contribution in [1.29, 1.82) is 0 Å². The summed E-state index contributed by atoms with van der Waals surface area (Å²) in [6.45, 7) is 12.0. The lowest BCUT2D eigenvalue weighted by Gasteiger charge is -2.36. The Labute approximate surface area is 169 Å². The van der Waals surface area contributed by atoms with Crippen molar-refractivity contribution in [3.8, 4) is 0 Å². The Hall–Kier alpha value is -2.08. The molecule has 1 aromatic rings. The fraction of sp³-hybridized carbons (Fsp3) is 0.636. The average Bonchev–Trinajstić information content (AvgIpc) is 2.62. The van der Waals surface area contributed by atoms with Crippen molar-refractivity contribution < 1.29 is 14.3 Å². The third-order valence-electron chi connectivity index (χ3n) is 4.99. The molecule has 28 heavy (non-hydrogen) atoms. The molecule has 1 unspecified atom stereocenters. The summed E-state index contributed by atoms with van der Waals surface area (Å²) in [7, 11) is 0. The number of nitrogens with zero attached hydrogens (tertiary/aromatic N) is 2. The van der Waals surface area contributed by atoms with Gasteiger partial charge in [-0.25, -0.2) is 4.79 Å². The van der Waals surface area contributed by atoms with Gasteiger partial charge in [0.15, 0.2) is 0 Å². The monoisotopic (exact) mass is 389 g/mol. The van der Waals surface area contributed by atoms with Crippen LogP contribution in [0.1, 0.15) is 52.5 Å². The second-order valence-electron chi connectivity index (χ2n) is 8.43. The van der Waals surface area contributed by atoms with Crippen molar-refractivity contribution >= 4 is 17.7 Å². The van der Waals surface area contributed by atoms with Gasteiger partial charge >= 0.3 is 6.09 Å². The molecule has 0 saturated carbocycles. The van der Waals surface area contributed by atoms with E-state index >= 15 is 0 Å². The van der Waals surface area contributed by atoms with Crippen LogP contribution in [-0.4, -0.2) is 54.7 Å². The zero-order valence-corrected chi connectivity index (χ0v) is 18.0. The lowest BCUT2D eigenvalue weighted by Crippen LogP contribution is -2.51. The summed E-state index contributed by atoms with van der Waals surface area (Å²) in [6, 6.07) is 8.13. The van der Waals surface area contributed by atoms with E-state index in [9.17, 15) is 9.59 Å². The van der Waals surface area contributed by atoms with E-state index in [4.69, 9.17) is 4.74 Å². The molecule has 1 atom stereocenters. The molecule has 6 nitrogen and oxygen atoms in total. The first-order valence-electron chi connectivity index (χ1n) is 10.3. The number of benzene rings is 1. The minimum atomic E-state index is -0.512. The minimum Gasteiger partial charge on any atom is -0.444 e. The first kappa shape index (κ1) is 22.2. The smallest absolute Gasteiger partial charge is 0.407 e. The Morgan fingerprint density at radius 2 is 1.96 bits per heavy atom. The van der Waals surface area contributed by atoms with Crippen LogP contribution in [-0.2, 0) is 9.53 Å². The van der Waals surface area contributed by atoms with Crippen LogP contribution in [0.4, 0.5) is 10.5 Å². The number of hydrogen-bond donors (Lipinski definition) is 1. The van der Waals surface area contributed by atoms with Gasteiger partial charge in [-0.05, 0) is 65.6 Å². The van der Waals surface area contributed by atoms with Gasteiger partial charge in [0.2, 0.25) is 5.91 Å². The second-order valence-corrected chi connectivity index (χ2v) is 8.43.